The number of benzene rings is 1. The SMILES string of the molecule is CNC(=O)C1(C)CCN(C(=O)c2cc(OC)ccc2O)C1. The Morgan fingerprint density at radius 3 is 2.76 bits per heavy atom. The average molecular weight is 292 g/mol. The zero-order valence-electron chi connectivity index (χ0n) is 12.5. The third kappa shape index (κ3) is 2.79. The quantitative estimate of drug-likeness (QED) is 0.871. The number of hydrogen-bond acceptors (Lipinski definition) is 4. The van der Waals surface area contributed by atoms with E-state index in [4.69, 9.17) is 4.74 Å². The number of rotatable bonds is 3. The zero-order valence-corrected chi connectivity index (χ0v) is 12.5. The first-order chi connectivity index (χ1) is 9.91. The molecule has 1 unspecified atom stereocenters. The molecule has 0 spiro atoms. The summed E-state index contributed by atoms with van der Waals surface area (Å²) in [7, 11) is 3.09. The Morgan fingerprint density at radius 2 is 2.14 bits per heavy atom. The van der Waals surface area contributed by atoms with Gasteiger partial charge in [0, 0.05) is 20.1 Å². The van der Waals surface area contributed by atoms with Gasteiger partial charge in [0.1, 0.15) is 11.5 Å². The van der Waals surface area contributed by atoms with Crippen molar-refractivity contribution in [2.45, 2.75) is 13.3 Å². The van der Waals surface area contributed by atoms with Gasteiger partial charge in [0.05, 0.1) is 18.1 Å². The molecule has 2 rings (SSSR count). The van der Waals surface area contributed by atoms with E-state index in [0.29, 0.717) is 25.3 Å². The van der Waals surface area contributed by atoms with E-state index in [0.717, 1.165) is 0 Å². The maximum atomic E-state index is 12.5. The van der Waals surface area contributed by atoms with Crippen molar-refractivity contribution in [2.75, 3.05) is 27.2 Å². The van der Waals surface area contributed by atoms with Crippen molar-refractivity contribution in [2.24, 2.45) is 5.41 Å². The van der Waals surface area contributed by atoms with Crippen molar-refractivity contribution in [1.82, 2.24) is 10.2 Å². The van der Waals surface area contributed by atoms with E-state index in [9.17, 15) is 14.7 Å². The van der Waals surface area contributed by atoms with Gasteiger partial charge in [-0.15, -0.1) is 0 Å². The van der Waals surface area contributed by atoms with E-state index in [1.165, 1.54) is 19.2 Å². The zero-order chi connectivity index (χ0) is 15.6. The summed E-state index contributed by atoms with van der Waals surface area (Å²) in [5.41, 5.74) is -0.394. The molecule has 1 fully saturated rings. The largest absolute Gasteiger partial charge is 0.507 e. The lowest BCUT2D eigenvalue weighted by Crippen LogP contribution is -2.40. The van der Waals surface area contributed by atoms with Crippen LogP contribution in [0.5, 0.6) is 11.5 Å². The Hall–Kier alpha value is -2.24. The normalized spacial score (nSPS) is 21.2. The highest BCUT2D eigenvalue weighted by molar-refractivity contribution is 5.98. The minimum atomic E-state index is -0.584. The Balaban J connectivity index is 2.21. The van der Waals surface area contributed by atoms with Crippen LogP contribution in [0.4, 0.5) is 0 Å². The van der Waals surface area contributed by atoms with Crippen molar-refractivity contribution in [3.8, 4) is 11.5 Å². The van der Waals surface area contributed by atoms with Crippen LogP contribution in [0.25, 0.3) is 0 Å². The van der Waals surface area contributed by atoms with Crippen LogP contribution in [-0.4, -0.2) is 49.1 Å². The summed E-state index contributed by atoms with van der Waals surface area (Å²) in [6, 6.07) is 4.53. The molecule has 1 atom stereocenters. The van der Waals surface area contributed by atoms with E-state index in [2.05, 4.69) is 5.32 Å². The third-order valence-corrected chi connectivity index (χ3v) is 3.97. The average Bonchev–Trinajstić information content (AvgIpc) is 2.90. The third-order valence-electron chi connectivity index (χ3n) is 3.97. The topological polar surface area (TPSA) is 78.9 Å². The predicted octanol–water partition coefficient (Wildman–Crippen LogP) is 0.999. The molecule has 1 heterocycles. The summed E-state index contributed by atoms with van der Waals surface area (Å²) < 4.78 is 5.07. The maximum absolute atomic E-state index is 12.5. The van der Waals surface area contributed by atoms with E-state index in [1.807, 2.05) is 6.92 Å². The van der Waals surface area contributed by atoms with E-state index >= 15 is 0 Å². The standard InChI is InChI=1S/C15H20N2O4/c1-15(14(20)16-2)6-7-17(9-15)13(19)11-8-10(21-3)4-5-12(11)18/h4-5,8,18H,6-7,9H2,1-3H3,(H,16,20). The molecule has 1 aromatic rings. The molecule has 0 saturated carbocycles. The van der Waals surface area contributed by atoms with Gasteiger partial charge in [-0.3, -0.25) is 9.59 Å². The minimum Gasteiger partial charge on any atom is -0.507 e. The molecule has 1 saturated heterocycles. The summed E-state index contributed by atoms with van der Waals surface area (Å²) >= 11 is 0. The van der Waals surface area contributed by atoms with Gasteiger partial charge in [0.15, 0.2) is 0 Å². The van der Waals surface area contributed by atoms with Crippen molar-refractivity contribution >= 4 is 11.8 Å². The van der Waals surface area contributed by atoms with Gasteiger partial charge in [-0.05, 0) is 31.5 Å². The molecule has 2 amide bonds. The molecule has 21 heavy (non-hydrogen) atoms. The Labute approximate surface area is 123 Å². The Bertz CT molecular complexity index is 573. The van der Waals surface area contributed by atoms with Gasteiger partial charge in [-0.2, -0.15) is 0 Å². The van der Waals surface area contributed by atoms with Crippen LogP contribution in [-0.2, 0) is 4.79 Å². The Morgan fingerprint density at radius 1 is 1.43 bits per heavy atom. The highest BCUT2D eigenvalue weighted by Crippen LogP contribution is 2.33. The number of methoxy groups -OCH3 is 1. The number of aromatic hydroxyl groups is 1. The summed E-state index contributed by atoms with van der Waals surface area (Å²) in [6.07, 6.45) is 0.600. The second kappa shape index (κ2) is 5.63. The lowest BCUT2D eigenvalue weighted by molar-refractivity contribution is -0.128. The highest BCUT2D eigenvalue weighted by Gasteiger charge is 2.42. The fourth-order valence-corrected chi connectivity index (χ4v) is 2.61. The van der Waals surface area contributed by atoms with Crippen LogP contribution in [0.3, 0.4) is 0 Å². The molecular weight excluding hydrogens is 272 g/mol. The summed E-state index contributed by atoms with van der Waals surface area (Å²) in [4.78, 5) is 26.0. The smallest absolute Gasteiger partial charge is 0.257 e. The molecule has 0 radical (unpaired) electrons. The summed E-state index contributed by atoms with van der Waals surface area (Å²) in [5, 5.41) is 12.5. The van der Waals surface area contributed by atoms with Gasteiger partial charge in [-0.25, -0.2) is 0 Å². The first kappa shape index (κ1) is 15.2. The number of ether oxygens (including phenoxy) is 1. The number of carbonyl (C=O) groups is 2. The fraction of sp³-hybridized carbons (Fsp3) is 0.467. The second-order valence-corrected chi connectivity index (χ2v) is 5.50. The number of likely N-dealkylation sites (tertiary alicyclic amines) is 1. The molecule has 2 N–H and O–H groups in total. The molecule has 6 heteroatoms. The van der Waals surface area contributed by atoms with Gasteiger partial charge >= 0.3 is 0 Å². The number of carbonyl (C=O) groups excluding carboxylic acids is 2. The molecule has 0 bridgehead atoms. The second-order valence-electron chi connectivity index (χ2n) is 5.50. The molecule has 6 nitrogen and oxygen atoms in total. The van der Waals surface area contributed by atoms with E-state index in [-0.39, 0.29) is 23.1 Å². The lowest BCUT2D eigenvalue weighted by atomic mass is 9.89. The molecular formula is C15H20N2O4. The van der Waals surface area contributed by atoms with E-state index < -0.39 is 5.41 Å². The van der Waals surface area contributed by atoms with Gasteiger partial charge < -0.3 is 20.1 Å². The van der Waals surface area contributed by atoms with Crippen molar-refractivity contribution in [1.29, 1.82) is 0 Å². The number of phenols is 1. The lowest BCUT2D eigenvalue weighted by Gasteiger charge is -2.23. The number of nitrogens with zero attached hydrogens (tertiary/aromatic N) is 1. The number of hydrogen-bond donors (Lipinski definition) is 2. The maximum Gasteiger partial charge on any atom is 0.257 e. The molecule has 1 aliphatic rings. The number of amides is 2. The highest BCUT2D eigenvalue weighted by atomic mass is 16.5. The van der Waals surface area contributed by atoms with Crippen LogP contribution in [0.2, 0.25) is 0 Å². The van der Waals surface area contributed by atoms with Crippen molar-refractivity contribution in [3.05, 3.63) is 23.8 Å². The first-order valence-electron chi connectivity index (χ1n) is 6.80. The molecule has 1 aromatic carbocycles. The van der Waals surface area contributed by atoms with E-state index in [1.54, 1.807) is 18.0 Å². The van der Waals surface area contributed by atoms with Crippen molar-refractivity contribution in [3.63, 3.8) is 0 Å². The Kier molecular flexibility index (Phi) is 4.06. The predicted molar refractivity (Wildman–Crippen MR) is 77.4 cm³/mol. The van der Waals surface area contributed by atoms with Crippen LogP contribution < -0.4 is 10.1 Å². The molecule has 0 aromatic heterocycles. The first-order valence-corrected chi connectivity index (χ1v) is 6.80. The fourth-order valence-electron chi connectivity index (χ4n) is 2.61. The van der Waals surface area contributed by atoms with Crippen LogP contribution in [0, 0.1) is 5.41 Å². The minimum absolute atomic E-state index is 0.0762. The summed E-state index contributed by atoms with van der Waals surface area (Å²) in [5.74, 6) is 0.0467. The molecule has 0 aliphatic carbocycles. The van der Waals surface area contributed by atoms with Crippen LogP contribution >= 0.6 is 0 Å². The van der Waals surface area contributed by atoms with Crippen LogP contribution in [0.15, 0.2) is 18.2 Å². The number of nitrogens with one attached hydrogen (secondary N) is 1. The number of phenolic OH excluding ortho intramolecular Hbond substituents is 1. The molecule has 114 valence electrons. The van der Waals surface area contributed by atoms with Crippen molar-refractivity contribution < 1.29 is 19.4 Å². The molecule has 1 aliphatic heterocycles. The summed E-state index contributed by atoms with van der Waals surface area (Å²) in [6.45, 7) is 2.66. The van der Waals surface area contributed by atoms with Gasteiger partial charge in [-0.1, -0.05) is 0 Å². The van der Waals surface area contributed by atoms with Gasteiger partial charge in [0.25, 0.3) is 5.91 Å². The monoisotopic (exact) mass is 292 g/mol. The van der Waals surface area contributed by atoms with Gasteiger partial charge in [0.2, 0.25) is 5.91 Å². The van der Waals surface area contributed by atoms with Crippen LogP contribution in [0.1, 0.15) is 23.7 Å².